The Kier molecular flexibility index (Phi) is 2.49. The van der Waals surface area contributed by atoms with E-state index in [1.807, 2.05) is 0 Å². The summed E-state index contributed by atoms with van der Waals surface area (Å²) in [6.07, 6.45) is 3.87. The van der Waals surface area contributed by atoms with Crippen molar-refractivity contribution in [3.05, 3.63) is 21.9 Å². The van der Waals surface area contributed by atoms with Gasteiger partial charge in [-0.1, -0.05) is 0 Å². The molecule has 1 saturated carbocycles. The molecule has 0 saturated heterocycles. The third kappa shape index (κ3) is 1.83. The van der Waals surface area contributed by atoms with Crippen molar-refractivity contribution in [1.82, 2.24) is 0 Å². The number of carbonyl (C=O) groups is 1. The van der Waals surface area contributed by atoms with Gasteiger partial charge in [0.2, 0.25) is 0 Å². The lowest BCUT2D eigenvalue weighted by Crippen LogP contribution is -2.12. The van der Waals surface area contributed by atoms with Crippen molar-refractivity contribution >= 4 is 17.1 Å². The van der Waals surface area contributed by atoms with Crippen LogP contribution in [0.5, 0.6) is 0 Å². The summed E-state index contributed by atoms with van der Waals surface area (Å²) in [6.45, 7) is 2.14. The molecule has 1 atom stereocenters. The topological polar surface area (TPSA) is 17.1 Å². The van der Waals surface area contributed by atoms with Gasteiger partial charge >= 0.3 is 0 Å². The van der Waals surface area contributed by atoms with Crippen LogP contribution < -0.4 is 0 Å². The Labute approximate surface area is 82.8 Å². The lowest BCUT2D eigenvalue weighted by Gasteiger charge is -2.20. The van der Waals surface area contributed by atoms with Crippen LogP contribution in [0.15, 0.2) is 11.4 Å². The molecule has 0 amide bonds. The maximum absolute atomic E-state index is 11.3. The molecule has 1 aliphatic rings. The average molecular weight is 194 g/mol. The Bertz CT molecular complexity index is 314. The maximum Gasteiger partial charge on any atom is 0.133 e. The predicted molar refractivity (Wildman–Crippen MR) is 55.3 cm³/mol. The molecular formula is C11H14OS. The molecule has 1 heterocycles. The van der Waals surface area contributed by atoms with E-state index in [-0.39, 0.29) is 0 Å². The molecule has 0 aromatic carbocycles. The van der Waals surface area contributed by atoms with Gasteiger partial charge in [0.05, 0.1) is 0 Å². The fraction of sp³-hybridized carbons (Fsp3) is 0.545. The van der Waals surface area contributed by atoms with Crippen molar-refractivity contribution < 1.29 is 4.79 Å². The van der Waals surface area contributed by atoms with E-state index in [0.29, 0.717) is 11.7 Å². The SMILES string of the molecule is Cc1ccsc1[C@@H]1CCCC(=O)C1. The zero-order valence-corrected chi connectivity index (χ0v) is 8.69. The number of thiophene rings is 1. The molecule has 0 radical (unpaired) electrons. The molecule has 0 unspecified atom stereocenters. The fourth-order valence-electron chi connectivity index (χ4n) is 2.05. The molecule has 13 heavy (non-hydrogen) atoms. The van der Waals surface area contributed by atoms with E-state index in [9.17, 15) is 4.79 Å². The minimum atomic E-state index is 0.448. The third-order valence-corrected chi connectivity index (χ3v) is 3.94. The van der Waals surface area contributed by atoms with E-state index >= 15 is 0 Å². The van der Waals surface area contributed by atoms with Crippen molar-refractivity contribution in [2.75, 3.05) is 0 Å². The lowest BCUT2D eigenvalue weighted by atomic mass is 9.86. The van der Waals surface area contributed by atoms with Gasteiger partial charge in [0.1, 0.15) is 5.78 Å². The van der Waals surface area contributed by atoms with Gasteiger partial charge in [0.25, 0.3) is 0 Å². The van der Waals surface area contributed by atoms with Crippen LogP contribution in [0.4, 0.5) is 0 Å². The largest absolute Gasteiger partial charge is 0.300 e. The first-order chi connectivity index (χ1) is 6.27. The third-order valence-electron chi connectivity index (χ3n) is 2.75. The number of rotatable bonds is 1. The molecule has 70 valence electrons. The molecule has 1 fully saturated rings. The van der Waals surface area contributed by atoms with Crippen LogP contribution >= 0.6 is 11.3 Å². The number of ketones is 1. The van der Waals surface area contributed by atoms with E-state index in [4.69, 9.17) is 0 Å². The van der Waals surface area contributed by atoms with Crippen LogP contribution in [0.3, 0.4) is 0 Å². The number of hydrogen-bond acceptors (Lipinski definition) is 2. The molecule has 2 rings (SSSR count). The first kappa shape index (κ1) is 8.95. The van der Waals surface area contributed by atoms with Crippen LogP contribution in [0, 0.1) is 6.92 Å². The van der Waals surface area contributed by atoms with E-state index in [1.165, 1.54) is 16.9 Å². The highest BCUT2D eigenvalue weighted by Crippen LogP contribution is 2.35. The Morgan fingerprint density at radius 3 is 3.00 bits per heavy atom. The summed E-state index contributed by atoms with van der Waals surface area (Å²) in [5, 5.41) is 2.13. The Morgan fingerprint density at radius 1 is 1.54 bits per heavy atom. The van der Waals surface area contributed by atoms with Crippen molar-refractivity contribution in [2.24, 2.45) is 0 Å². The average Bonchev–Trinajstić information content (AvgIpc) is 2.51. The summed E-state index contributed by atoms with van der Waals surface area (Å²) in [4.78, 5) is 12.7. The van der Waals surface area contributed by atoms with Gasteiger partial charge in [-0.05, 0) is 36.8 Å². The monoisotopic (exact) mass is 194 g/mol. The van der Waals surface area contributed by atoms with Crippen LogP contribution in [-0.4, -0.2) is 5.78 Å². The predicted octanol–water partition coefficient (Wildman–Crippen LogP) is 3.28. The van der Waals surface area contributed by atoms with E-state index < -0.39 is 0 Å². The quantitative estimate of drug-likeness (QED) is 0.670. The van der Waals surface area contributed by atoms with Gasteiger partial charge in [-0.25, -0.2) is 0 Å². The smallest absolute Gasteiger partial charge is 0.133 e. The molecule has 0 spiro atoms. The minimum Gasteiger partial charge on any atom is -0.300 e. The second kappa shape index (κ2) is 3.62. The summed E-state index contributed by atoms with van der Waals surface area (Å²) in [7, 11) is 0. The summed E-state index contributed by atoms with van der Waals surface area (Å²) in [5.74, 6) is 0.977. The highest BCUT2D eigenvalue weighted by Gasteiger charge is 2.22. The van der Waals surface area contributed by atoms with Gasteiger partial charge in [0, 0.05) is 23.6 Å². The zero-order valence-electron chi connectivity index (χ0n) is 7.88. The van der Waals surface area contributed by atoms with Gasteiger partial charge in [-0.3, -0.25) is 4.79 Å². The van der Waals surface area contributed by atoms with E-state index in [2.05, 4.69) is 18.4 Å². The van der Waals surface area contributed by atoms with Gasteiger partial charge in [-0.2, -0.15) is 0 Å². The summed E-state index contributed by atoms with van der Waals surface area (Å²) >= 11 is 1.81. The fourth-order valence-corrected chi connectivity index (χ4v) is 3.12. The molecule has 1 aromatic heterocycles. The Morgan fingerprint density at radius 2 is 2.38 bits per heavy atom. The highest BCUT2D eigenvalue weighted by atomic mass is 32.1. The minimum absolute atomic E-state index is 0.448. The van der Waals surface area contributed by atoms with Crippen LogP contribution in [0.2, 0.25) is 0 Å². The number of hydrogen-bond donors (Lipinski definition) is 0. The summed E-state index contributed by atoms with van der Waals surface area (Å²) in [5.41, 5.74) is 1.37. The van der Waals surface area contributed by atoms with Crippen molar-refractivity contribution in [3.63, 3.8) is 0 Å². The standard InChI is InChI=1S/C11H14OS/c1-8-5-6-13-11(8)9-3-2-4-10(12)7-9/h5-6,9H,2-4,7H2,1H3/t9-/m1/s1. The van der Waals surface area contributed by atoms with E-state index in [1.54, 1.807) is 11.3 Å². The van der Waals surface area contributed by atoms with Crippen LogP contribution in [0.25, 0.3) is 0 Å². The van der Waals surface area contributed by atoms with Crippen LogP contribution in [0.1, 0.15) is 42.0 Å². The van der Waals surface area contributed by atoms with Crippen molar-refractivity contribution in [2.45, 2.75) is 38.5 Å². The number of aryl methyl sites for hydroxylation is 1. The lowest BCUT2D eigenvalue weighted by molar-refractivity contribution is -0.120. The zero-order chi connectivity index (χ0) is 9.26. The Hall–Kier alpha value is -0.630. The Balaban J connectivity index is 2.17. The second-order valence-electron chi connectivity index (χ2n) is 3.80. The molecule has 2 heteroatoms. The molecule has 0 aliphatic heterocycles. The normalized spacial score (nSPS) is 23.5. The second-order valence-corrected chi connectivity index (χ2v) is 4.75. The molecule has 0 bridgehead atoms. The maximum atomic E-state index is 11.3. The molecular weight excluding hydrogens is 180 g/mol. The molecule has 0 N–H and O–H groups in total. The van der Waals surface area contributed by atoms with Crippen molar-refractivity contribution in [3.8, 4) is 0 Å². The molecule has 1 aromatic rings. The summed E-state index contributed by atoms with van der Waals surface area (Å²) < 4.78 is 0. The van der Waals surface area contributed by atoms with Crippen LogP contribution in [-0.2, 0) is 4.79 Å². The first-order valence-corrected chi connectivity index (χ1v) is 5.71. The molecule has 1 aliphatic carbocycles. The van der Waals surface area contributed by atoms with Crippen molar-refractivity contribution in [1.29, 1.82) is 0 Å². The van der Waals surface area contributed by atoms with Gasteiger partial charge in [0.15, 0.2) is 0 Å². The first-order valence-electron chi connectivity index (χ1n) is 4.83. The number of carbonyl (C=O) groups excluding carboxylic acids is 1. The van der Waals surface area contributed by atoms with Gasteiger partial charge < -0.3 is 0 Å². The highest BCUT2D eigenvalue weighted by molar-refractivity contribution is 7.10. The van der Waals surface area contributed by atoms with E-state index in [0.717, 1.165) is 19.3 Å². The summed E-state index contributed by atoms with van der Waals surface area (Å²) in [6, 6.07) is 2.15. The van der Waals surface area contributed by atoms with Gasteiger partial charge in [-0.15, -0.1) is 11.3 Å². The molecule has 1 nitrogen and oxygen atoms in total. The number of Topliss-reactive ketones (excluding diaryl/α,β-unsaturated/α-hetero) is 1.